The molecule has 0 aromatic heterocycles. The van der Waals surface area contributed by atoms with E-state index in [4.69, 9.17) is 0 Å². The molecule has 1 aliphatic carbocycles. The minimum atomic E-state index is -0.685. The number of hydrogen-bond donors (Lipinski definition) is 1. The third-order valence-electron chi connectivity index (χ3n) is 4.31. The van der Waals surface area contributed by atoms with Gasteiger partial charge in [-0.1, -0.05) is 48.0 Å². The van der Waals surface area contributed by atoms with Crippen LogP contribution in [-0.2, 0) is 18.4 Å². The first-order valence-corrected chi connectivity index (χ1v) is 6.95. The molecule has 19 heavy (non-hydrogen) atoms. The van der Waals surface area contributed by atoms with Gasteiger partial charge in [-0.2, -0.15) is 0 Å². The van der Waals surface area contributed by atoms with Crippen LogP contribution in [0.1, 0.15) is 34.2 Å². The minimum Gasteiger partial charge on any atom is -0.385 e. The molecule has 1 heteroatoms. The maximum atomic E-state index is 11.0. The van der Waals surface area contributed by atoms with Crippen molar-refractivity contribution in [2.75, 3.05) is 0 Å². The Labute approximate surface area is 114 Å². The van der Waals surface area contributed by atoms with E-state index in [2.05, 4.69) is 50.2 Å². The predicted molar refractivity (Wildman–Crippen MR) is 78.3 cm³/mol. The van der Waals surface area contributed by atoms with E-state index < -0.39 is 5.60 Å². The zero-order chi connectivity index (χ0) is 13.5. The number of benzene rings is 2. The first-order valence-electron chi connectivity index (χ1n) is 6.95. The Morgan fingerprint density at radius 1 is 1.11 bits per heavy atom. The van der Waals surface area contributed by atoms with Crippen LogP contribution in [0.15, 0.2) is 42.5 Å². The second-order valence-electron chi connectivity index (χ2n) is 5.80. The zero-order valence-corrected chi connectivity index (χ0v) is 11.6. The summed E-state index contributed by atoms with van der Waals surface area (Å²) >= 11 is 0. The third-order valence-corrected chi connectivity index (χ3v) is 4.31. The number of rotatable bonds is 2. The lowest BCUT2D eigenvalue weighted by atomic mass is 9.87. The summed E-state index contributed by atoms with van der Waals surface area (Å²) in [7, 11) is 0. The van der Waals surface area contributed by atoms with E-state index in [-0.39, 0.29) is 0 Å². The Kier molecular flexibility index (Phi) is 2.94. The summed E-state index contributed by atoms with van der Waals surface area (Å²) in [5.41, 5.74) is 5.53. The molecule has 0 bridgehead atoms. The van der Waals surface area contributed by atoms with Crippen LogP contribution in [0.4, 0.5) is 0 Å². The van der Waals surface area contributed by atoms with Gasteiger partial charge in [0.1, 0.15) is 0 Å². The second-order valence-corrected chi connectivity index (χ2v) is 5.80. The van der Waals surface area contributed by atoms with Crippen molar-refractivity contribution in [2.45, 2.75) is 38.7 Å². The van der Waals surface area contributed by atoms with Gasteiger partial charge in [-0.3, -0.25) is 0 Å². The van der Waals surface area contributed by atoms with Crippen LogP contribution in [-0.4, -0.2) is 5.11 Å². The highest BCUT2D eigenvalue weighted by Gasteiger charge is 2.36. The van der Waals surface area contributed by atoms with Crippen molar-refractivity contribution in [3.8, 4) is 0 Å². The molecule has 0 saturated heterocycles. The molecule has 0 amide bonds. The van der Waals surface area contributed by atoms with Gasteiger partial charge in [0, 0.05) is 6.42 Å². The van der Waals surface area contributed by atoms with Crippen LogP contribution in [0.2, 0.25) is 0 Å². The fraction of sp³-hybridized carbons (Fsp3) is 0.333. The molecule has 0 radical (unpaired) electrons. The third kappa shape index (κ3) is 2.19. The molecule has 1 atom stereocenters. The largest absolute Gasteiger partial charge is 0.385 e. The van der Waals surface area contributed by atoms with Crippen LogP contribution < -0.4 is 0 Å². The van der Waals surface area contributed by atoms with Crippen molar-refractivity contribution < 1.29 is 5.11 Å². The lowest BCUT2D eigenvalue weighted by molar-refractivity contribution is 0.0388. The Hall–Kier alpha value is -1.60. The van der Waals surface area contributed by atoms with E-state index in [1.807, 2.05) is 6.07 Å². The minimum absolute atomic E-state index is 0.685. The first-order chi connectivity index (χ1) is 9.08. The first kappa shape index (κ1) is 12.4. The van der Waals surface area contributed by atoms with Gasteiger partial charge in [0.25, 0.3) is 0 Å². The molecule has 0 heterocycles. The van der Waals surface area contributed by atoms with Gasteiger partial charge in [0.2, 0.25) is 0 Å². The van der Waals surface area contributed by atoms with Gasteiger partial charge in [-0.15, -0.1) is 0 Å². The van der Waals surface area contributed by atoms with E-state index in [0.717, 1.165) is 24.8 Å². The van der Waals surface area contributed by atoms with E-state index in [9.17, 15) is 5.11 Å². The van der Waals surface area contributed by atoms with E-state index in [0.29, 0.717) is 0 Å². The van der Waals surface area contributed by atoms with Crippen LogP contribution in [0.5, 0.6) is 0 Å². The van der Waals surface area contributed by atoms with Crippen molar-refractivity contribution in [1.82, 2.24) is 0 Å². The summed E-state index contributed by atoms with van der Waals surface area (Å²) in [5, 5.41) is 11.0. The van der Waals surface area contributed by atoms with Gasteiger partial charge in [0.15, 0.2) is 0 Å². The Bertz CT molecular complexity index is 615. The van der Waals surface area contributed by atoms with E-state index >= 15 is 0 Å². The Balaban J connectivity index is 1.98. The molecular weight excluding hydrogens is 232 g/mol. The summed E-state index contributed by atoms with van der Waals surface area (Å²) < 4.78 is 0. The summed E-state index contributed by atoms with van der Waals surface area (Å²) in [4.78, 5) is 0. The molecule has 0 fully saturated rings. The van der Waals surface area contributed by atoms with E-state index in [1.165, 1.54) is 22.3 Å². The van der Waals surface area contributed by atoms with Gasteiger partial charge in [-0.05, 0) is 48.9 Å². The highest BCUT2D eigenvalue weighted by atomic mass is 16.3. The molecule has 2 aromatic rings. The fourth-order valence-electron chi connectivity index (χ4n) is 3.16. The monoisotopic (exact) mass is 252 g/mol. The van der Waals surface area contributed by atoms with Crippen molar-refractivity contribution >= 4 is 0 Å². The van der Waals surface area contributed by atoms with Crippen molar-refractivity contribution in [3.63, 3.8) is 0 Å². The molecule has 98 valence electrons. The average Bonchev–Trinajstić information content (AvgIpc) is 2.73. The number of hydrogen-bond acceptors (Lipinski definition) is 1. The van der Waals surface area contributed by atoms with Crippen LogP contribution in [0, 0.1) is 13.8 Å². The number of aliphatic hydroxyl groups is 1. The van der Waals surface area contributed by atoms with Crippen LogP contribution in [0.25, 0.3) is 0 Å². The van der Waals surface area contributed by atoms with E-state index in [1.54, 1.807) is 0 Å². The number of aryl methyl sites for hydroxylation is 3. The summed E-state index contributed by atoms with van der Waals surface area (Å²) in [6, 6.07) is 14.8. The smallest absolute Gasteiger partial charge is 0.0942 e. The van der Waals surface area contributed by atoms with Gasteiger partial charge >= 0.3 is 0 Å². The van der Waals surface area contributed by atoms with Gasteiger partial charge < -0.3 is 5.11 Å². The van der Waals surface area contributed by atoms with Crippen LogP contribution >= 0.6 is 0 Å². The van der Waals surface area contributed by atoms with Crippen molar-refractivity contribution in [3.05, 3.63) is 70.3 Å². The molecule has 3 rings (SSSR count). The highest BCUT2D eigenvalue weighted by Crippen LogP contribution is 2.39. The summed E-state index contributed by atoms with van der Waals surface area (Å²) in [5.74, 6) is 0. The lowest BCUT2D eigenvalue weighted by Crippen LogP contribution is -2.25. The second kappa shape index (κ2) is 4.50. The lowest BCUT2D eigenvalue weighted by Gasteiger charge is -2.25. The molecule has 1 nitrogen and oxygen atoms in total. The maximum absolute atomic E-state index is 11.0. The van der Waals surface area contributed by atoms with Crippen LogP contribution in [0.3, 0.4) is 0 Å². The standard InChI is InChI=1S/C18H20O/c1-13-7-8-14(2)16(11-13)12-18(19)10-9-15-5-3-4-6-17(15)18/h3-8,11,19H,9-10,12H2,1-2H3. The summed E-state index contributed by atoms with van der Waals surface area (Å²) in [6.45, 7) is 4.23. The molecule has 1 unspecified atom stereocenters. The molecule has 2 aromatic carbocycles. The SMILES string of the molecule is Cc1ccc(C)c(CC2(O)CCc3ccccc32)c1. The average molecular weight is 252 g/mol. The fourth-order valence-corrected chi connectivity index (χ4v) is 3.16. The Morgan fingerprint density at radius 3 is 2.74 bits per heavy atom. The summed E-state index contributed by atoms with van der Waals surface area (Å²) in [6.07, 6.45) is 2.54. The Morgan fingerprint density at radius 2 is 1.89 bits per heavy atom. The molecule has 1 N–H and O–H groups in total. The predicted octanol–water partition coefficient (Wildman–Crippen LogP) is 3.68. The normalized spacial score (nSPS) is 21.4. The molecule has 1 aliphatic rings. The molecule has 0 aliphatic heterocycles. The van der Waals surface area contributed by atoms with Crippen molar-refractivity contribution in [1.29, 1.82) is 0 Å². The van der Waals surface area contributed by atoms with Crippen molar-refractivity contribution in [2.24, 2.45) is 0 Å². The zero-order valence-electron chi connectivity index (χ0n) is 11.6. The molecule has 0 saturated carbocycles. The highest BCUT2D eigenvalue weighted by molar-refractivity contribution is 5.40. The topological polar surface area (TPSA) is 20.2 Å². The molecule has 0 spiro atoms. The van der Waals surface area contributed by atoms with Gasteiger partial charge in [-0.25, -0.2) is 0 Å². The van der Waals surface area contributed by atoms with Gasteiger partial charge in [0.05, 0.1) is 5.60 Å². The molecular formula is C18H20O. The quantitative estimate of drug-likeness (QED) is 0.864. The number of fused-ring (bicyclic) bond motifs is 1. The maximum Gasteiger partial charge on any atom is 0.0942 e.